The van der Waals surface area contributed by atoms with Gasteiger partial charge in [-0.1, -0.05) is 47.6 Å². The highest BCUT2D eigenvalue weighted by atomic mass is 35.5. The molecule has 0 aliphatic carbocycles. The van der Waals surface area contributed by atoms with Crippen molar-refractivity contribution in [2.45, 2.75) is 30.3 Å². The van der Waals surface area contributed by atoms with E-state index in [0.29, 0.717) is 39.7 Å². The molecule has 3 rings (SSSR count). The van der Waals surface area contributed by atoms with Crippen LogP contribution < -0.4 is 10.9 Å². The fraction of sp³-hybridized carbons (Fsp3) is 0.250. The molecule has 0 saturated heterocycles. The molecule has 146 valence electrons. The Kier molecular flexibility index (Phi) is 6.72. The second kappa shape index (κ2) is 9.23. The van der Waals surface area contributed by atoms with Crippen LogP contribution in [-0.2, 0) is 11.3 Å². The third-order valence-electron chi connectivity index (χ3n) is 4.15. The van der Waals surface area contributed by atoms with E-state index in [1.165, 1.54) is 16.3 Å². The normalized spacial score (nSPS) is 12.1. The largest absolute Gasteiger partial charge is 0.396 e. The van der Waals surface area contributed by atoms with Gasteiger partial charge < -0.3 is 10.4 Å². The molecule has 1 unspecified atom stereocenters. The smallest absolute Gasteiger partial charge is 0.262 e. The predicted octanol–water partition coefficient (Wildman–Crippen LogP) is 3.55. The Labute approximate surface area is 171 Å². The molecule has 0 radical (unpaired) electrons. The molecular formula is C20H20ClN3O3S. The maximum absolute atomic E-state index is 12.9. The van der Waals surface area contributed by atoms with Crippen molar-refractivity contribution in [3.8, 4) is 0 Å². The highest BCUT2D eigenvalue weighted by Gasteiger charge is 2.20. The van der Waals surface area contributed by atoms with E-state index >= 15 is 0 Å². The first-order valence-corrected chi connectivity index (χ1v) is 10.1. The molecule has 28 heavy (non-hydrogen) atoms. The highest BCUT2D eigenvalue weighted by molar-refractivity contribution is 8.00. The van der Waals surface area contributed by atoms with Crippen LogP contribution in [0.15, 0.2) is 58.5 Å². The molecule has 3 aromatic rings. The third kappa shape index (κ3) is 4.55. The lowest BCUT2D eigenvalue weighted by Crippen LogP contribution is -2.27. The number of thioether (sulfide) groups is 1. The summed E-state index contributed by atoms with van der Waals surface area (Å²) in [6.45, 7) is 2.04. The van der Waals surface area contributed by atoms with Gasteiger partial charge >= 0.3 is 0 Å². The number of aliphatic hydroxyl groups excluding tert-OH is 1. The Hall–Kier alpha value is -2.35. The number of aliphatic hydroxyl groups is 1. The summed E-state index contributed by atoms with van der Waals surface area (Å²) in [5.41, 5.74) is 0.931. The number of carbonyl (C=O) groups is 1. The predicted molar refractivity (Wildman–Crippen MR) is 113 cm³/mol. The third-order valence-corrected chi connectivity index (χ3v) is 5.57. The topological polar surface area (TPSA) is 84.2 Å². The average Bonchev–Trinajstić information content (AvgIpc) is 2.69. The van der Waals surface area contributed by atoms with Gasteiger partial charge in [0.2, 0.25) is 5.91 Å². The maximum Gasteiger partial charge on any atom is 0.262 e. The van der Waals surface area contributed by atoms with E-state index in [2.05, 4.69) is 10.3 Å². The first kappa shape index (κ1) is 20.4. The molecule has 0 saturated carbocycles. The highest BCUT2D eigenvalue weighted by Crippen LogP contribution is 2.26. The number of rotatable bonds is 7. The SMILES string of the molecule is CC(Sc1nc2ccccc2c(=O)n1CCCO)C(=O)Nc1ccccc1Cl. The van der Waals surface area contributed by atoms with E-state index in [0.717, 1.165) is 0 Å². The zero-order valence-electron chi connectivity index (χ0n) is 15.3. The number of anilines is 1. The lowest BCUT2D eigenvalue weighted by Gasteiger charge is -2.16. The van der Waals surface area contributed by atoms with Crippen molar-refractivity contribution >= 4 is 45.9 Å². The summed E-state index contributed by atoms with van der Waals surface area (Å²) in [6, 6.07) is 14.1. The summed E-state index contributed by atoms with van der Waals surface area (Å²) in [6.07, 6.45) is 0.424. The Morgan fingerprint density at radius 1 is 1.25 bits per heavy atom. The monoisotopic (exact) mass is 417 g/mol. The minimum atomic E-state index is -0.510. The Morgan fingerprint density at radius 3 is 2.71 bits per heavy atom. The van der Waals surface area contributed by atoms with E-state index in [-0.39, 0.29) is 18.1 Å². The van der Waals surface area contributed by atoms with Gasteiger partial charge in [-0.3, -0.25) is 14.2 Å². The summed E-state index contributed by atoms with van der Waals surface area (Å²) in [5, 5.41) is 12.9. The van der Waals surface area contributed by atoms with E-state index < -0.39 is 5.25 Å². The number of nitrogens with zero attached hydrogens (tertiary/aromatic N) is 2. The maximum atomic E-state index is 12.9. The standard InChI is InChI=1S/C20H20ClN3O3S/c1-13(18(26)22-17-10-5-3-8-15(17)21)28-20-23-16-9-4-2-7-14(16)19(27)24(20)11-6-12-25/h2-5,7-10,13,25H,6,11-12H2,1H3,(H,22,26). The molecule has 0 aliphatic heterocycles. The van der Waals surface area contributed by atoms with Gasteiger partial charge in [0.1, 0.15) is 0 Å². The van der Waals surface area contributed by atoms with E-state index in [1.54, 1.807) is 49.4 Å². The van der Waals surface area contributed by atoms with Crippen LogP contribution in [0.25, 0.3) is 10.9 Å². The van der Waals surface area contributed by atoms with E-state index in [9.17, 15) is 9.59 Å². The van der Waals surface area contributed by atoms with Crippen molar-refractivity contribution in [2.75, 3.05) is 11.9 Å². The zero-order chi connectivity index (χ0) is 20.1. The van der Waals surface area contributed by atoms with Crippen LogP contribution in [0.2, 0.25) is 5.02 Å². The van der Waals surface area contributed by atoms with E-state index in [1.807, 2.05) is 6.07 Å². The lowest BCUT2D eigenvalue weighted by molar-refractivity contribution is -0.115. The molecule has 0 fully saturated rings. The number of halogens is 1. The van der Waals surface area contributed by atoms with Gasteiger partial charge in [0.05, 0.1) is 26.9 Å². The van der Waals surface area contributed by atoms with Crippen molar-refractivity contribution < 1.29 is 9.90 Å². The number of para-hydroxylation sites is 2. The molecule has 0 spiro atoms. The lowest BCUT2D eigenvalue weighted by atomic mass is 10.2. The average molecular weight is 418 g/mol. The van der Waals surface area contributed by atoms with Crippen LogP contribution >= 0.6 is 23.4 Å². The summed E-state index contributed by atoms with van der Waals surface area (Å²) in [4.78, 5) is 30.0. The van der Waals surface area contributed by atoms with Crippen LogP contribution in [0.1, 0.15) is 13.3 Å². The van der Waals surface area contributed by atoms with Gasteiger partial charge in [-0.15, -0.1) is 0 Å². The molecule has 1 atom stereocenters. The molecule has 2 aromatic carbocycles. The fourth-order valence-electron chi connectivity index (χ4n) is 2.67. The van der Waals surface area contributed by atoms with E-state index in [4.69, 9.17) is 16.7 Å². The minimum Gasteiger partial charge on any atom is -0.396 e. The number of carbonyl (C=O) groups excluding carboxylic acids is 1. The Bertz CT molecular complexity index is 1050. The van der Waals surface area contributed by atoms with Crippen LogP contribution in [0.4, 0.5) is 5.69 Å². The molecule has 1 heterocycles. The van der Waals surface area contributed by atoms with Gasteiger partial charge in [-0.2, -0.15) is 0 Å². The Balaban J connectivity index is 1.88. The molecule has 1 aromatic heterocycles. The number of aromatic nitrogens is 2. The van der Waals surface area contributed by atoms with Crippen LogP contribution in [0.3, 0.4) is 0 Å². The second-order valence-electron chi connectivity index (χ2n) is 6.17. The molecule has 0 bridgehead atoms. The first-order chi connectivity index (χ1) is 13.5. The Morgan fingerprint density at radius 2 is 1.96 bits per heavy atom. The minimum absolute atomic E-state index is 0.0358. The molecule has 2 N–H and O–H groups in total. The molecule has 1 amide bonds. The fourth-order valence-corrected chi connectivity index (χ4v) is 3.79. The van der Waals surface area contributed by atoms with Crippen molar-refractivity contribution in [3.05, 3.63) is 63.9 Å². The quantitative estimate of drug-likeness (QED) is 0.453. The zero-order valence-corrected chi connectivity index (χ0v) is 16.8. The number of benzene rings is 2. The van der Waals surface area contributed by atoms with Crippen molar-refractivity contribution in [1.82, 2.24) is 9.55 Å². The van der Waals surface area contributed by atoms with Crippen molar-refractivity contribution in [2.24, 2.45) is 0 Å². The molecule has 0 aliphatic rings. The van der Waals surface area contributed by atoms with Gasteiger partial charge in [-0.05, 0) is 37.6 Å². The first-order valence-electron chi connectivity index (χ1n) is 8.83. The van der Waals surface area contributed by atoms with Crippen LogP contribution in [-0.4, -0.2) is 32.4 Å². The van der Waals surface area contributed by atoms with Crippen molar-refractivity contribution in [1.29, 1.82) is 0 Å². The van der Waals surface area contributed by atoms with Gasteiger partial charge in [0.25, 0.3) is 5.56 Å². The van der Waals surface area contributed by atoms with Gasteiger partial charge in [0, 0.05) is 13.2 Å². The second-order valence-corrected chi connectivity index (χ2v) is 7.89. The molecule has 8 heteroatoms. The molecule has 6 nitrogen and oxygen atoms in total. The number of hydrogen-bond donors (Lipinski definition) is 2. The van der Waals surface area contributed by atoms with Crippen LogP contribution in [0, 0.1) is 0 Å². The summed E-state index contributed by atoms with van der Waals surface area (Å²) in [7, 11) is 0. The van der Waals surface area contributed by atoms with Crippen molar-refractivity contribution in [3.63, 3.8) is 0 Å². The number of fused-ring (bicyclic) bond motifs is 1. The summed E-state index contributed by atoms with van der Waals surface area (Å²) in [5.74, 6) is -0.241. The van der Waals surface area contributed by atoms with Crippen LogP contribution in [0.5, 0.6) is 0 Å². The van der Waals surface area contributed by atoms with Gasteiger partial charge in [0.15, 0.2) is 5.16 Å². The van der Waals surface area contributed by atoms with Gasteiger partial charge in [-0.25, -0.2) is 4.98 Å². The number of amides is 1. The number of hydrogen-bond acceptors (Lipinski definition) is 5. The molecular weight excluding hydrogens is 398 g/mol. The summed E-state index contributed by atoms with van der Waals surface area (Å²) >= 11 is 7.30. The number of nitrogens with one attached hydrogen (secondary N) is 1. The summed E-state index contributed by atoms with van der Waals surface area (Å²) < 4.78 is 1.52.